The number of carbonyl (C=O) groups is 2. The highest BCUT2D eigenvalue weighted by atomic mass is 19.4. The van der Waals surface area contributed by atoms with Gasteiger partial charge in [0.05, 0.1) is 25.7 Å². The summed E-state index contributed by atoms with van der Waals surface area (Å²) in [5.41, 5.74) is 0.816. The molecule has 24 heavy (non-hydrogen) atoms. The molecule has 0 aliphatic carbocycles. The number of amides is 1. The molecule has 8 heteroatoms. The number of carboxylic acid groups (broad SMARTS) is 1. The molecular formula is C16H18F3NO4. The Bertz CT molecular complexity index is 586. The van der Waals surface area contributed by atoms with Crippen LogP contribution < -0.4 is 0 Å². The molecule has 1 saturated heterocycles. The lowest BCUT2D eigenvalue weighted by atomic mass is 10.0. The molecule has 1 aromatic rings. The summed E-state index contributed by atoms with van der Waals surface area (Å²) < 4.78 is 41.9. The summed E-state index contributed by atoms with van der Waals surface area (Å²) in [7, 11) is 0. The number of ether oxygens (including phenoxy) is 1. The molecule has 1 aliphatic heterocycles. The van der Waals surface area contributed by atoms with Gasteiger partial charge in [0, 0.05) is 18.5 Å². The van der Waals surface area contributed by atoms with Crippen LogP contribution in [0.15, 0.2) is 24.3 Å². The molecule has 132 valence electrons. The number of benzene rings is 1. The molecule has 5 nitrogen and oxygen atoms in total. The van der Waals surface area contributed by atoms with Gasteiger partial charge in [-0.2, -0.15) is 13.2 Å². The fourth-order valence-electron chi connectivity index (χ4n) is 2.56. The molecule has 1 unspecified atom stereocenters. The molecule has 1 aromatic carbocycles. The van der Waals surface area contributed by atoms with Gasteiger partial charge >= 0.3 is 12.1 Å². The summed E-state index contributed by atoms with van der Waals surface area (Å²) in [5.74, 6) is -1.36. The Hall–Kier alpha value is -2.09. The normalized spacial score (nSPS) is 18.5. The van der Waals surface area contributed by atoms with Gasteiger partial charge in [-0.15, -0.1) is 0 Å². The van der Waals surface area contributed by atoms with Crippen LogP contribution in [-0.2, 0) is 16.0 Å². The van der Waals surface area contributed by atoms with Gasteiger partial charge in [-0.1, -0.05) is 12.1 Å². The van der Waals surface area contributed by atoms with E-state index in [0.717, 1.165) is 0 Å². The summed E-state index contributed by atoms with van der Waals surface area (Å²) in [6, 6.07) is 5.38. The third kappa shape index (κ3) is 5.23. The number of rotatable bonds is 5. The summed E-state index contributed by atoms with van der Waals surface area (Å²) >= 11 is 0. The van der Waals surface area contributed by atoms with Gasteiger partial charge in [0.25, 0.3) is 5.91 Å². The van der Waals surface area contributed by atoms with E-state index in [2.05, 4.69) is 0 Å². The number of hydrogen-bond donors (Lipinski definition) is 1. The summed E-state index contributed by atoms with van der Waals surface area (Å²) in [5, 5.41) is 8.91. The Morgan fingerprint density at radius 2 is 1.92 bits per heavy atom. The second-order valence-corrected chi connectivity index (χ2v) is 5.64. The van der Waals surface area contributed by atoms with Crippen molar-refractivity contribution in [2.75, 3.05) is 19.8 Å². The van der Waals surface area contributed by atoms with E-state index >= 15 is 0 Å². The smallest absolute Gasteiger partial charge is 0.389 e. The first-order valence-electron chi connectivity index (χ1n) is 7.52. The van der Waals surface area contributed by atoms with Crippen LogP contribution in [-0.4, -0.2) is 53.9 Å². The Morgan fingerprint density at radius 1 is 1.25 bits per heavy atom. The van der Waals surface area contributed by atoms with Gasteiger partial charge in [0.15, 0.2) is 0 Å². The molecule has 1 aliphatic rings. The van der Waals surface area contributed by atoms with Crippen molar-refractivity contribution in [3.63, 3.8) is 0 Å². The Kier molecular flexibility index (Phi) is 5.82. The third-order valence-electron chi connectivity index (χ3n) is 3.80. The first-order chi connectivity index (χ1) is 11.3. The van der Waals surface area contributed by atoms with Crippen LogP contribution in [0.4, 0.5) is 13.2 Å². The van der Waals surface area contributed by atoms with Gasteiger partial charge in [-0.05, 0) is 24.1 Å². The standard InChI is InChI=1S/C16H18F3NO4/c17-16(18,19)6-5-11-1-3-12(4-2-11)15(23)20-7-8-24-10-13(20)9-14(21)22/h1-4,13H,5-10H2,(H,21,22). The number of carbonyl (C=O) groups excluding carboxylic acids is 1. The number of morpholine rings is 1. The number of aryl methyl sites for hydroxylation is 1. The van der Waals surface area contributed by atoms with Gasteiger partial charge in [0.1, 0.15) is 0 Å². The minimum atomic E-state index is -4.22. The van der Waals surface area contributed by atoms with E-state index in [1.54, 1.807) is 0 Å². The topological polar surface area (TPSA) is 66.8 Å². The number of nitrogens with zero attached hydrogens (tertiary/aromatic N) is 1. The van der Waals surface area contributed by atoms with Crippen LogP contribution in [0.5, 0.6) is 0 Å². The minimum absolute atomic E-state index is 0.142. The first kappa shape index (κ1) is 18.3. The Balaban J connectivity index is 2.04. The van der Waals surface area contributed by atoms with E-state index in [4.69, 9.17) is 9.84 Å². The van der Waals surface area contributed by atoms with Crippen molar-refractivity contribution in [3.8, 4) is 0 Å². The molecule has 0 bridgehead atoms. The van der Waals surface area contributed by atoms with Crippen molar-refractivity contribution in [3.05, 3.63) is 35.4 Å². The lowest BCUT2D eigenvalue weighted by molar-refractivity contribution is -0.139. The lowest BCUT2D eigenvalue weighted by Crippen LogP contribution is -2.49. The number of aliphatic carboxylic acids is 1. The molecule has 1 amide bonds. The van der Waals surface area contributed by atoms with Crippen LogP contribution >= 0.6 is 0 Å². The van der Waals surface area contributed by atoms with E-state index in [1.165, 1.54) is 29.2 Å². The SMILES string of the molecule is O=C(O)CC1COCCN1C(=O)c1ccc(CCC(F)(F)F)cc1. The van der Waals surface area contributed by atoms with Crippen molar-refractivity contribution in [2.24, 2.45) is 0 Å². The van der Waals surface area contributed by atoms with Crippen molar-refractivity contribution >= 4 is 11.9 Å². The van der Waals surface area contributed by atoms with E-state index in [1.807, 2.05) is 0 Å². The molecular weight excluding hydrogens is 327 g/mol. The van der Waals surface area contributed by atoms with Crippen LogP contribution in [0.25, 0.3) is 0 Å². The Morgan fingerprint density at radius 3 is 2.50 bits per heavy atom. The zero-order valence-corrected chi connectivity index (χ0v) is 12.9. The third-order valence-corrected chi connectivity index (χ3v) is 3.80. The largest absolute Gasteiger partial charge is 0.481 e. The second kappa shape index (κ2) is 7.65. The lowest BCUT2D eigenvalue weighted by Gasteiger charge is -2.34. The molecule has 2 rings (SSSR count). The van der Waals surface area contributed by atoms with Gasteiger partial charge in [-0.3, -0.25) is 9.59 Å². The van der Waals surface area contributed by atoms with Crippen molar-refractivity contribution < 1.29 is 32.6 Å². The van der Waals surface area contributed by atoms with Crippen LogP contribution in [0.2, 0.25) is 0 Å². The maximum Gasteiger partial charge on any atom is 0.389 e. The highest BCUT2D eigenvalue weighted by Crippen LogP contribution is 2.22. The molecule has 1 atom stereocenters. The van der Waals surface area contributed by atoms with E-state index in [0.29, 0.717) is 17.7 Å². The molecule has 0 saturated carbocycles. The van der Waals surface area contributed by atoms with E-state index < -0.39 is 24.6 Å². The second-order valence-electron chi connectivity index (χ2n) is 5.64. The van der Waals surface area contributed by atoms with Crippen molar-refractivity contribution in [1.82, 2.24) is 4.90 Å². The maximum atomic E-state index is 12.5. The van der Waals surface area contributed by atoms with E-state index in [9.17, 15) is 22.8 Å². The van der Waals surface area contributed by atoms with Crippen LogP contribution in [0.1, 0.15) is 28.8 Å². The number of carboxylic acids is 1. The summed E-state index contributed by atoms with van der Waals surface area (Å²) in [6.07, 6.45) is -5.48. The van der Waals surface area contributed by atoms with Crippen LogP contribution in [0, 0.1) is 0 Å². The molecule has 1 heterocycles. The number of alkyl halides is 3. The maximum absolute atomic E-state index is 12.5. The molecule has 0 spiro atoms. The highest BCUT2D eigenvalue weighted by molar-refractivity contribution is 5.94. The monoisotopic (exact) mass is 345 g/mol. The highest BCUT2D eigenvalue weighted by Gasteiger charge is 2.30. The van der Waals surface area contributed by atoms with Crippen LogP contribution in [0.3, 0.4) is 0 Å². The molecule has 1 N–H and O–H groups in total. The van der Waals surface area contributed by atoms with Gasteiger partial charge in [0.2, 0.25) is 0 Å². The zero-order chi connectivity index (χ0) is 17.7. The molecule has 0 radical (unpaired) electrons. The zero-order valence-electron chi connectivity index (χ0n) is 12.9. The summed E-state index contributed by atoms with van der Waals surface area (Å²) in [4.78, 5) is 24.8. The fourth-order valence-corrected chi connectivity index (χ4v) is 2.56. The molecule has 0 aromatic heterocycles. The average Bonchev–Trinajstić information content (AvgIpc) is 2.52. The van der Waals surface area contributed by atoms with Gasteiger partial charge in [-0.25, -0.2) is 0 Å². The summed E-state index contributed by atoms with van der Waals surface area (Å²) in [6.45, 7) is 0.764. The number of hydrogen-bond acceptors (Lipinski definition) is 3. The quantitative estimate of drug-likeness (QED) is 0.890. The Labute approximate surface area is 137 Å². The minimum Gasteiger partial charge on any atom is -0.481 e. The first-order valence-corrected chi connectivity index (χ1v) is 7.52. The molecule has 1 fully saturated rings. The fraction of sp³-hybridized carbons (Fsp3) is 0.500. The van der Waals surface area contributed by atoms with Crippen molar-refractivity contribution in [1.29, 1.82) is 0 Å². The predicted octanol–water partition coefficient (Wildman–Crippen LogP) is 2.50. The average molecular weight is 345 g/mol. The van der Waals surface area contributed by atoms with Crippen molar-refractivity contribution in [2.45, 2.75) is 31.5 Å². The van der Waals surface area contributed by atoms with Gasteiger partial charge < -0.3 is 14.7 Å². The van der Waals surface area contributed by atoms with E-state index in [-0.39, 0.29) is 31.9 Å². The number of halogens is 3. The predicted molar refractivity (Wildman–Crippen MR) is 78.7 cm³/mol.